The normalized spacial score (nSPS) is 12.3. The molecule has 0 atom stereocenters. The van der Waals surface area contributed by atoms with Crippen LogP contribution in [0.2, 0.25) is 0 Å². The molecule has 5 heteroatoms. The summed E-state index contributed by atoms with van der Waals surface area (Å²) in [4.78, 5) is 6.53. The number of aromatic nitrogens is 2. The molecule has 15 heavy (non-hydrogen) atoms. The Balaban J connectivity index is 2.39. The average molecular weight is 214 g/mol. The van der Waals surface area contributed by atoms with Crippen molar-refractivity contribution in [1.29, 1.82) is 0 Å². The predicted octanol–water partition coefficient (Wildman–Crippen LogP) is 2.98. The molecule has 0 unspecified atom stereocenters. The van der Waals surface area contributed by atoms with Gasteiger partial charge in [-0.2, -0.15) is 13.2 Å². The largest absolute Gasteiger partial charge is 0.396 e. The van der Waals surface area contributed by atoms with Crippen LogP contribution in [-0.4, -0.2) is 16.1 Å². The lowest BCUT2D eigenvalue weighted by Crippen LogP contribution is -2.12. The van der Waals surface area contributed by atoms with Gasteiger partial charge in [0.05, 0.1) is 11.0 Å². The fourth-order valence-electron chi connectivity index (χ4n) is 1.44. The van der Waals surface area contributed by atoms with E-state index in [1.807, 2.05) is 13.0 Å². The number of alkyl halides is 3. The number of nitrogens with one attached hydrogen (secondary N) is 1. The molecule has 0 amide bonds. The highest BCUT2D eigenvalue weighted by Crippen LogP contribution is 2.21. The zero-order valence-corrected chi connectivity index (χ0v) is 8.02. The van der Waals surface area contributed by atoms with Crippen molar-refractivity contribution in [3.8, 4) is 0 Å². The molecule has 2 nitrogen and oxygen atoms in total. The van der Waals surface area contributed by atoms with Gasteiger partial charge in [0.25, 0.3) is 0 Å². The second-order valence-electron chi connectivity index (χ2n) is 3.50. The SMILES string of the molecule is Cc1ccc2[nH]c(CC(F)(F)F)nc2c1. The number of benzene rings is 1. The average Bonchev–Trinajstić information content (AvgIpc) is 2.42. The number of hydrogen-bond acceptors (Lipinski definition) is 1. The van der Waals surface area contributed by atoms with Crippen LogP contribution in [0.3, 0.4) is 0 Å². The lowest BCUT2D eigenvalue weighted by Gasteiger charge is -2.01. The number of aromatic amines is 1. The van der Waals surface area contributed by atoms with Crippen molar-refractivity contribution in [2.75, 3.05) is 0 Å². The maximum absolute atomic E-state index is 12.1. The van der Waals surface area contributed by atoms with Crippen molar-refractivity contribution >= 4 is 11.0 Å². The maximum Gasteiger partial charge on any atom is 0.396 e. The number of aryl methyl sites for hydroxylation is 1. The van der Waals surface area contributed by atoms with E-state index in [0.29, 0.717) is 11.0 Å². The molecule has 1 aromatic carbocycles. The van der Waals surface area contributed by atoms with Crippen molar-refractivity contribution in [3.63, 3.8) is 0 Å². The van der Waals surface area contributed by atoms with Crippen molar-refractivity contribution in [2.24, 2.45) is 0 Å². The molecule has 0 fully saturated rings. The number of H-pyrrole nitrogens is 1. The summed E-state index contributed by atoms with van der Waals surface area (Å²) in [5.41, 5.74) is 2.20. The van der Waals surface area contributed by atoms with Crippen LogP contribution in [0.15, 0.2) is 18.2 Å². The molecular weight excluding hydrogens is 205 g/mol. The van der Waals surface area contributed by atoms with Crippen LogP contribution in [0.1, 0.15) is 11.4 Å². The maximum atomic E-state index is 12.1. The Labute approximate surface area is 84.1 Å². The van der Waals surface area contributed by atoms with Gasteiger partial charge in [0.1, 0.15) is 12.2 Å². The van der Waals surface area contributed by atoms with E-state index in [1.54, 1.807) is 12.1 Å². The van der Waals surface area contributed by atoms with Gasteiger partial charge in [-0.1, -0.05) is 6.07 Å². The minimum atomic E-state index is -4.22. The molecule has 2 aromatic rings. The Morgan fingerprint density at radius 1 is 1.33 bits per heavy atom. The first kappa shape index (κ1) is 10.0. The Morgan fingerprint density at radius 3 is 2.73 bits per heavy atom. The first-order valence-corrected chi connectivity index (χ1v) is 4.46. The highest BCUT2D eigenvalue weighted by atomic mass is 19.4. The standard InChI is InChI=1S/C10H9F3N2/c1-6-2-3-7-8(4-6)15-9(14-7)5-10(11,12)13/h2-4H,5H2,1H3,(H,14,15). The van der Waals surface area contributed by atoms with Crippen LogP contribution < -0.4 is 0 Å². The summed E-state index contributed by atoms with van der Waals surface area (Å²) in [5.74, 6) is -0.0388. The molecule has 80 valence electrons. The van der Waals surface area contributed by atoms with Crippen LogP contribution in [0.4, 0.5) is 13.2 Å². The van der Waals surface area contributed by atoms with Gasteiger partial charge in [0.2, 0.25) is 0 Å². The molecule has 0 aliphatic rings. The first-order chi connectivity index (χ1) is 6.94. The fraction of sp³-hybridized carbons (Fsp3) is 0.300. The van der Waals surface area contributed by atoms with Gasteiger partial charge < -0.3 is 4.98 Å². The smallest absolute Gasteiger partial charge is 0.342 e. The molecule has 1 aromatic heterocycles. The van der Waals surface area contributed by atoms with Gasteiger partial charge >= 0.3 is 6.18 Å². The number of imidazole rings is 1. The molecule has 0 aliphatic heterocycles. The second kappa shape index (κ2) is 3.25. The third kappa shape index (κ3) is 2.29. The van der Waals surface area contributed by atoms with E-state index in [2.05, 4.69) is 9.97 Å². The minimum absolute atomic E-state index is 0.0388. The van der Waals surface area contributed by atoms with Crippen LogP contribution in [0.5, 0.6) is 0 Å². The quantitative estimate of drug-likeness (QED) is 0.776. The molecule has 2 rings (SSSR count). The fourth-order valence-corrected chi connectivity index (χ4v) is 1.44. The summed E-state index contributed by atoms with van der Waals surface area (Å²) in [6, 6.07) is 5.32. The molecule has 0 saturated heterocycles. The van der Waals surface area contributed by atoms with Gasteiger partial charge in [0, 0.05) is 0 Å². The van der Waals surface area contributed by atoms with Crippen LogP contribution in [-0.2, 0) is 6.42 Å². The number of fused-ring (bicyclic) bond motifs is 1. The van der Waals surface area contributed by atoms with Gasteiger partial charge in [-0.15, -0.1) is 0 Å². The zero-order valence-electron chi connectivity index (χ0n) is 8.02. The topological polar surface area (TPSA) is 28.7 Å². The molecule has 0 spiro atoms. The van der Waals surface area contributed by atoms with Gasteiger partial charge in [-0.25, -0.2) is 4.98 Å². The lowest BCUT2D eigenvalue weighted by molar-refractivity contribution is -0.128. The van der Waals surface area contributed by atoms with Crippen molar-refractivity contribution in [1.82, 2.24) is 9.97 Å². The number of rotatable bonds is 1. The number of hydrogen-bond donors (Lipinski definition) is 1. The summed E-state index contributed by atoms with van der Waals surface area (Å²) in [5, 5.41) is 0. The second-order valence-corrected chi connectivity index (χ2v) is 3.50. The first-order valence-electron chi connectivity index (χ1n) is 4.46. The minimum Gasteiger partial charge on any atom is -0.342 e. The highest BCUT2D eigenvalue weighted by molar-refractivity contribution is 5.75. The van der Waals surface area contributed by atoms with Gasteiger partial charge in [-0.3, -0.25) is 0 Å². The molecular formula is C10H9F3N2. The van der Waals surface area contributed by atoms with E-state index in [-0.39, 0.29) is 5.82 Å². The van der Waals surface area contributed by atoms with E-state index < -0.39 is 12.6 Å². The van der Waals surface area contributed by atoms with Crippen molar-refractivity contribution in [2.45, 2.75) is 19.5 Å². The van der Waals surface area contributed by atoms with E-state index in [0.717, 1.165) is 5.56 Å². The highest BCUT2D eigenvalue weighted by Gasteiger charge is 2.29. The van der Waals surface area contributed by atoms with Crippen LogP contribution >= 0.6 is 0 Å². The number of nitrogens with zero attached hydrogens (tertiary/aromatic N) is 1. The predicted molar refractivity (Wildman–Crippen MR) is 50.6 cm³/mol. The van der Waals surface area contributed by atoms with E-state index in [1.165, 1.54) is 0 Å². The van der Waals surface area contributed by atoms with Gasteiger partial charge in [-0.05, 0) is 24.6 Å². The summed E-state index contributed by atoms with van der Waals surface area (Å²) >= 11 is 0. The summed E-state index contributed by atoms with van der Waals surface area (Å²) in [6.45, 7) is 1.87. The van der Waals surface area contributed by atoms with Crippen molar-refractivity contribution < 1.29 is 13.2 Å². The summed E-state index contributed by atoms with van der Waals surface area (Å²) in [7, 11) is 0. The molecule has 0 saturated carbocycles. The molecule has 1 heterocycles. The third-order valence-corrected chi connectivity index (χ3v) is 2.06. The molecule has 0 radical (unpaired) electrons. The summed E-state index contributed by atoms with van der Waals surface area (Å²) < 4.78 is 36.3. The molecule has 1 N–H and O–H groups in total. The zero-order chi connectivity index (χ0) is 11.1. The lowest BCUT2D eigenvalue weighted by atomic mass is 10.2. The number of halogens is 3. The van der Waals surface area contributed by atoms with Crippen LogP contribution in [0, 0.1) is 6.92 Å². The Morgan fingerprint density at radius 2 is 2.07 bits per heavy atom. The van der Waals surface area contributed by atoms with E-state index in [4.69, 9.17) is 0 Å². The summed E-state index contributed by atoms with van der Waals surface area (Å²) in [6.07, 6.45) is -5.23. The van der Waals surface area contributed by atoms with Gasteiger partial charge in [0.15, 0.2) is 0 Å². The molecule has 0 aliphatic carbocycles. The Bertz CT molecular complexity index is 485. The Kier molecular flexibility index (Phi) is 2.17. The van der Waals surface area contributed by atoms with Crippen LogP contribution in [0.25, 0.3) is 11.0 Å². The Hall–Kier alpha value is -1.52. The monoisotopic (exact) mass is 214 g/mol. The van der Waals surface area contributed by atoms with E-state index in [9.17, 15) is 13.2 Å². The van der Waals surface area contributed by atoms with Crippen molar-refractivity contribution in [3.05, 3.63) is 29.6 Å². The molecule has 0 bridgehead atoms. The van der Waals surface area contributed by atoms with E-state index >= 15 is 0 Å². The third-order valence-electron chi connectivity index (χ3n) is 2.06.